The van der Waals surface area contributed by atoms with E-state index in [0.717, 1.165) is 11.1 Å². The van der Waals surface area contributed by atoms with Gasteiger partial charge < -0.3 is 5.73 Å². The van der Waals surface area contributed by atoms with E-state index in [2.05, 4.69) is 23.2 Å². The second-order valence-electron chi connectivity index (χ2n) is 5.42. The van der Waals surface area contributed by atoms with Gasteiger partial charge >= 0.3 is 5.69 Å². The Bertz CT molecular complexity index is 884. The summed E-state index contributed by atoms with van der Waals surface area (Å²) in [6, 6.07) is 11.9. The number of rotatable bonds is 2. The quantitative estimate of drug-likeness (QED) is 0.571. The summed E-state index contributed by atoms with van der Waals surface area (Å²) in [6.45, 7) is 4.08. The highest BCUT2D eigenvalue weighted by molar-refractivity contribution is 5.97. The number of aryl methyl sites for hydroxylation is 2. The van der Waals surface area contributed by atoms with Crippen LogP contribution in [0.2, 0.25) is 0 Å². The number of nitro groups is 1. The number of pyridine rings is 1. The maximum absolute atomic E-state index is 11.0. The van der Waals surface area contributed by atoms with Crippen LogP contribution in [0.15, 0.2) is 42.6 Å². The molecule has 3 aromatic rings. The molecule has 110 valence electrons. The van der Waals surface area contributed by atoms with Gasteiger partial charge in [0.25, 0.3) is 0 Å². The topological polar surface area (TPSA) is 82.0 Å². The van der Waals surface area contributed by atoms with E-state index >= 15 is 0 Å². The van der Waals surface area contributed by atoms with Crippen molar-refractivity contribution in [3.8, 4) is 11.1 Å². The van der Waals surface area contributed by atoms with Crippen LogP contribution in [0.25, 0.3) is 22.0 Å². The van der Waals surface area contributed by atoms with Gasteiger partial charge in [-0.05, 0) is 37.1 Å². The molecule has 0 saturated heterocycles. The van der Waals surface area contributed by atoms with E-state index in [-0.39, 0.29) is 11.4 Å². The summed E-state index contributed by atoms with van der Waals surface area (Å²) in [5.74, 6) is 0. The minimum absolute atomic E-state index is 0.154. The number of hydrogen-bond donors (Lipinski definition) is 1. The fraction of sp³-hybridized carbons (Fsp3) is 0.118. The zero-order chi connectivity index (χ0) is 15.9. The number of nitrogens with two attached hydrogens (primary N) is 1. The van der Waals surface area contributed by atoms with E-state index < -0.39 is 4.92 Å². The molecular weight excluding hydrogens is 278 g/mol. The lowest BCUT2D eigenvalue weighted by molar-refractivity contribution is -0.384. The molecule has 22 heavy (non-hydrogen) atoms. The van der Waals surface area contributed by atoms with Crippen LogP contribution in [0.1, 0.15) is 11.1 Å². The number of nitrogens with zero attached hydrogens (tertiary/aromatic N) is 2. The third-order valence-electron chi connectivity index (χ3n) is 3.64. The third-order valence-corrected chi connectivity index (χ3v) is 3.64. The molecule has 5 nitrogen and oxygen atoms in total. The van der Waals surface area contributed by atoms with Gasteiger partial charge in [0.2, 0.25) is 0 Å². The monoisotopic (exact) mass is 293 g/mol. The molecule has 0 fully saturated rings. The lowest BCUT2D eigenvalue weighted by atomic mass is 9.99. The van der Waals surface area contributed by atoms with Gasteiger partial charge in [0.1, 0.15) is 11.9 Å². The third kappa shape index (κ3) is 2.37. The Labute approximate surface area is 127 Å². The average Bonchev–Trinajstić information content (AvgIpc) is 2.46. The molecular formula is C17H15N3O2. The van der Waals surface area contributed by atoms with Gasteiger partial charge in [-0.1, -0.05) is 35.4 Å². The van der Waals surface area contributed by atoms with Crippen molar-refractivity contribution in [2.24, 2.45) is 0 Å². The molecule has 1 aromatic heterocycles. The molecule has 2 N–H and O–H groups in total. The average molecular weight is 293 g/mol. The summed E-state index contributed by atoms with van der Waals surface area (Å²) in [5, 5.41) is 11.6. The number of hydrogen-bond acceptors (Lipinski definition) is 4. The second-order valence-corrected chi connectivity index (χ2v) is 5.42. The van der Waals surface area contributed by atoms with Crippen molar-refractivity contribution in [3.05, 3.63) is 63.8 Å². The van der Waals surface area contributed by atoms with Gasteiger partial charge in [-0.25, -0.2) is 4.98 Å². The molecule has 0 saturated carbocycles. The Morgan fingerprint density at radius 1 is 1.05 bits per heavy atom. The van der Waals surface area contributed by atoms with Crippen molar-refractivity contribution >= 4 is 22.3 Å². The number of benzene rings is 2. The van der Waals surface area contributed by atoms with Gasteiger partial charge in [-0.15, -0.1) is 0 Å². The highest BCUT2D eigenvalue weighted by atomic mass is 16.6. The van der Waals surface area contributed by atoms with Crippen molar-refractivity contribution in [3.63, 3.8) is 0 Å². The maximum atomic E-state index is 11.0. The van der Waals surface area contributed by atoms with Crippen LogP contribution in [0.5, 0.6) is 0 Å². The molecule has 5 heteroatoms. The Balaban J connectivity index is 2.24. The summed E-state index contributed by atoms with van der Waals surface area (Å²) in [5.41, 5.74) is 10.9. The molecule has 0 spiro atoms. The zero-order valence-corrected chi connectivity index (χ0v) is 12.3. The van der Waals surface area contributed by atoms with Crippen LogP contribution in [-0.2, 0) is 0 Å². The molecule has 0 aliphatic carbocycles. The van der Waals surface area contributed by atoms with Crippen LogP contribution in [0, 0.1) is 24.0 Å². The number of aromatic nitrogens is 1. The van der Waals surface area contributed by atoms with E-state index in [9.17, 15) is 10.1 Å². The van der Waals surface area contributed by atoms with Crippen molar-refractivity contribution in [2.75, 3.05) is 5.73 Å². The Hall–Kier alpha value is -2.95. The molecule has 2 aromatic carbocycles. The lowest BCUT2D eigenvalue weighted by Crippen LogP contribution is -1.98. The minimum Gasteiger partial charge on any atom is -0.393 e. The standard InChI is InChI=1S/C17H15N3O2/c1-10-5-11(2)7-13(6-10)12-3-4-15-14(8-12)17(18)16(9-19-15)20(21)22/h3-9H,1-2H3,(H2,18,19). The van der Waals surface area contributed by atoms with E-state index in [0.29, 0.717) is 10.9 Å². The van der Waals surface area contributed by atoms with Gasteiger partial charge in [0.05, 0.1) is 10.4 Å². The van der Waals surface area contributed by atoms with Crippen LogP contribution in [0.4, 0.5) is 11.4 Å². The van der Waals surface area contributed by atoms with E-state index in [4.69, 9.17) is 5.73 Å². The minimum atomic E-state index is -0.509. The lowest BCUT2D eigenvalue weighted by Gasteiger charge is -2.08. The Kier molecular flexibility index (Phi) is 3.25. The predicted molar refractivity (Wildman–Crippen MR) is 87.7 cm³/mol. The van der Waals surface area contributed by atoms with Gasteiger partial charge in [0.15, 0.2) is 0 Å². The van der Waals surface area contributed by atoms with Crippen LogP contribution >= 0.6 is 0 Å². The van der Waals surface area contributed by atoms with Crippen LogP contribution < -0.4 is 5.73 Å². The van der Waals surface area contributed by atoms with Gasteiger partial charge in [0, 0.05) is 5.39 Å². The first kappa shape index (κ1) is 14.0. The number of fused-ring (bicyclic) bond motifs is 1. The SMILES string of the molecule is Cc1cc(C)cc(-c2ccc3ncc([N+](=O)[O-])c(N)c3c2)c1. The first-order valence-corrected chi connectivity index (χ1v) is 6.87. The van der Waals surface area contributed by atoms with E-state index in [1.54, 1.807) is 0 Å². The molecule has 0 atom stereocenters. The number of nitrogen functional groups attached to an aromatic ring is 1. The van der Waals surface area contributed by atoms with E-state index in [1.165, 1.54) is 17.3 Å². The molecule has 0 aliphatic rings. The Morgan fingerprint density at radius 3 is 2.36 bits per heavy atom. The smallest absolute Gasteiger partial charge is 0.310 e. The van der Waals surface area contributed by atoms with Gasteiger partial charge in [-0.3, -0.25) is 10.1 Å². The predicted octanol–water partition coefficient (Wildman–Crippen LogP) is 4.01. The van der Waals surface area contributed by atoms with Crippen molar-refractivity contribution in [1.29, 1.82) is 0 Å². The van der Waals surface area contributed by atoms with Crippen molar-refractivity contribution < 1.29 is 4.92 Å². The first-order chi connectivity index (χ1) is 10.5. The number of anilines is 1. The highest BCUT2D eigenvalue weighted by Gasteiger charge is 2.15. The van der Waals surface area contributed by atoms with Gasteiger partial charge in [-0.2, -0.15) is 0 Å². The normalized spacial score (nSPS) is 10.8. The first-order valence-electron chi connectivity index (χ1n) is 6.87. The summed E-state index contributed by atoms with van der Waals surface area (Å²) in [4.78, 5) is 14.6. The zero-order valence-electron chi connectivity index (χ0n) is 12.3. The molecule has 0 radical (unpaired) electrons. The molecule has 0 aliphatic heterocycles. The molecule has 0 bridgehead atoms. The maximum Gasteiger partial charge on any atom is 0.310 e. The molecule has 0 amide bonds. The molecule has 1 heterocycles. The van der Waals surface area contributed by atoms with Crippen molar-refractivity contribution in [1.82, 2.24) is 4.98 Å². The fourth-order valence-corrected chi connectivity index (χ4v) is 2.67. The second kappa shape index (κ2) is 5.11. The summed E-state index contributed by atoms with van der Waals surface area (Å²) in [6.07, 6.45) is 1.20. The fourth-order valence-electron chi connectivity index (χ4n) is 2.67. The highest BCUT2D eigenvalue weighted by Crippen LogP contribution is 2.32. The van der Waals surface area contributed by atoms with Crippen molar-refractivity contribution in [2.45, 2.75) is 13.8 Å². The molecule has 3 rings (SSSR count). The Morgan fingerprint density at radius 2 is 1.73 bits per heavy atom. The molecule has 0 unspecified atom stereocenters. The summed E-state index contributed by atoms with van der Waals surface area (Å²) < 4.78 is 0. The largest absolute Gasteiger partial charge is 0.393 e. The summed E-state index contributed by atoms with van der Waals surface area (Å²) >= 11 is 0. The van der Waals surface area contributed by atoms with Crippen LogP contribution in [-0.4, -0.2) is 9.91 Å². The van der Waals surface area contributed by atoms with E-state index in [1.807, 2.05) is 32.0 Å². The van der Waals surface area contributed by atoms with Crippen LogP contribution in [0.3, 0.4) is 0 Å². The summed E-state index contributed by atoms with van der Waals surface area (Å²) in [7, 11) is 0.